The molecule has 0 saturated carbocycles. The predicted molar refractivity (Wildman–Crippen MR) is 137 cm³/mol. The van der Waals surface area contributed by atoms with Crippen LogP contribution in [0.5, 0.6) is 5.75 Å². The first-order valence-corrected chi connectivity index (χ1v) is 12.5. The molecule has 1 amide bonds. The number of likely N-dealkylation sites (N-methyl/N-ethyl adjacent to an activating group) is 1. The molecule has 1 aliphatic rings. The Morgan fingerprint density at radius 1 is 1.15 bits per heavy atom. The van der Waals surface area contributed by atoms with E-state index in [1.165, 1.54) is 0 Å². The summed E-state index contributed by atoms with van der Waals surface area (Å²) in [5.41, 5.74) is 3.40. The fourth-order valence-corrected chi connectivity index (χ4v) is 4.67. The van der Waals surface area contributed by atoms with Gasteiger partial charge in [-0.1, -0.05) is 42.5 Å². The predicted octanol–water partition coefficient (Wildman–Crippen LogP) is 4.57. The third kappa shape index (κ3) is 6.53. The summed E-state index contributed by atoms with van der Waals surface area (Å²) in [6, 6.07) is 17.6. The van der Waals surface area contributed by atoms with Gasteiger partial charge in [0.2, 0.25) is 0 Å². The maximum absolute atomic E-state index is 13.5. The van der Waals surface area contributed by atoms with Gasteiger partial charge < -0.3 is 14.4 Å². The number of amides is 1. The molecule has 0 unspecified atom stereocenters. The number of nitrogens with zero attached hydrogens (tertiary/aromatic N) is 3. The van der Waals surface area contributed by atoms with E-state index >= 15 is 0 Å². The minimum absolute atomic E-state index is 0.0391. The summed E-state index contributed by atoms with van der Waals surface area (Å²) in [6.45, 7) is 7.30. The van der Waals surface area contributed by atoms with Crippen molar-refractivity contribution >= 4 is 28.9 Å². The van der Waals surface area contributed by atoms with E-state index in [1.807, 2.05) is 74.6 Å². The van der Waals surface area contributed by atoms with Crippen molar-refractivity contribution in [3.63, 3.8) is 0 Å². The van der Waals surface area contributed by atoms with Gasteiger partial charge in [-0.05, 0) is 36.3 Å². The van der Waals surface area contributed by atoms with Crippen LogP contribution in [0.1, 0.15) is 28.8 Å². The molecule has 7 heteroatoms. The normalized spacial score (nSPS) is 14.7. The molecule has 1 aliphatic heterocycles. The minimum Gasteiger partial charge on any atom is -0.494 e. The van der Waals surface area contributed by atoms with E-state index < -0.39 is 0 Å². The molecule has 6 nitrogen and oxygen atoms in total. The van der Waals surface area contributed by atoms with E-state index in [9.17, 15) is 4.79 Å². The number of benzene rings is 2. The second kappa shape index (κ2) is 11.9. The molecule has 1 saturated heterocycles. The van der Waals surface area contributed by atoms with E-state index in [1.54, 1.807) is 16.2 Å². The van der Waals surface area contributed by atoms with Crippen LogP contribution in [-0.4, -0.2) is 60.6 Å². The fraction of sp³-hybridized carbons (Fsp3) is 0.333. The highest BCUT2D eigenvalue weighted by Gasteiger charge is 2.19. The molecule has 0 bridgehead atoms. The number of aromatic nitrogens is 1. The van der Waals surface area contributed by atoms with E-state index in [2.05, 4.69) is 10.3 Å². The molecular formula is C27H31N3O3S. The Morgan fingerprint density at radius 3 is 2.59 bits per heavy atom. The molecule has 1 fully saturated rings. The van der Waals surface area contributed by atoms with Crippen molar-refractivity contribution in [2.45, 2.75) is 20.0 Å². The van der Waals surface area contributed by atoms with Crippen LogP contribution < -0.4 is 4.74 Å². The van der Waals surface area contributed by atoms with E-state index in [0.29, 0.717) is 18.7 Å². The van der Waals surface area contributed by atoms with Gasteiger partial charge in [0, 0.05) is 31.1 Å². The highest BCUT2D eigenvalue weighted by Crippen LogP contribution is 2.23. The molecule has 4 rings (SSSR count). The number of ether oxygens (including phenoxy) is 2. The van der Waals surface area contributed by atoms with Gasteiger partial charge in [-0.15, -0.1) is 11.3 Å². The largest absolute Gasteiger partial charge is 0.494 e. The van der Waals surface area contributed by atoms with Crippen LogP contribution >= 0.6 is 11.3 Å². The van der Waals surface area contributed by atoms with Crippen molar-refractivity contribution < 1.29 is 14.3 Å². The lowest BCUT2D eigenvalue weighted by Gasteiger charge is -2.25. The summed E-state index contributed by atoms with van der Waals surface area (Å²) in [6.07, 6.45) is 1.94. The van der Waals surface area contributed by atoms with Gasteiger partial charge in [0.25, 0.3) is 5.91 Å². The molecule has 0 aliphatic carbocycles. The average molecular weight is 478 g/mol. The van der Waals surface area contributed by atoms with Gasteiger partial charge in [0.05, 0.1) is 38.6 Å². The second-order valence-corrected chi connectivity index (χ2v) is 9.15. The minimum atomic E-state index is -0.0391. The number of hydrogen-bond donors (Lipinski definition) is 0. The summed E-state index contributed by atoms with van der Waals surface area (Å²) >= 11 is 1.65. The summed E-state index contributed by atoms with van der Waals surface area (Å²) in [5.74, 6) is 0.781. The van der Waals surface area contributed by atoms with Gasteiger partial charge >= 0.3 is 0 Å². The smallest absolute Gasteiger partial charge is 0.254 e. The van der Waals surface area contributed by atoms with Gasteiger partial charge in [-0.2, -0.15) is 0 Å². The average Bonchev–Trinajstić information content (AvgIpc) is 3.31. The summed E-state index contributed by atoms with van der Waals surface area (Å²) in [7, 11) is 1.83. The first kappa shape index (κ1) is 24.1. The van der Waals surface area contributed by atoms with Crippen molar-refractivity contribution in [3.8, 4) is 5.75 Å². The monoisotopic (exact) mass is 477 g/mol. The van der Waals surface area contributed by atoms with Gasteiger partial charge in [0.1, 0.15) is 10.8 Å². The van der Waals surface area contributed by atoms with Crippen molar-refractivity contribution in [1.29, 1.82) is 0 Å². The van der Waals surface area contributed by atoms with Gasteiger partial charge in [-0.25, -0.2) is 4.98 Å². The van der Waals surface area contributed by atoms with Gasteiger partial charge in [-0.3, -0.25) is 9.69 Å². The fourth-order valence-electron chi connectivity index (χ4n) is 3.85. The van der Waals surface area contributed by atoms with Crippen LogP contribution in [0, 0.1) is 0 Å². The third-order valence-corrected chi connectivity index (χ3v) is 6.51. The van der Waals surface area contributed by atoms with Crippen molar-refractivity contribution in [1.82, 2.24) is 14.8 Å². The number of carbonyl (C=O) groups excluding carboxylic acids is 1. The lowest BCUT2D eigenvalue weighted by molar-refractivity contribution is -0.124. The molecule has 1 aromatic heterocycles. The van der Waals surface area contributed by atoms with Gasteiger partial charge in [0.15, 0.2) is 0 Å². The summed E-state index contributed by atoms with van der Waals surface area (Å²) < 4.78 is 11.0. The number of hydrogen-bond acceptors (Lipinski definition) is 6. The molecule has 3 aromatic rings. The molecule has 34 heavy (non-hydrogen) atoms. The molecule has 0 spiro atoms. The second-order valence-electron chi connectivity index (χ2n) is 8.21. The number of morpholine rings is 1. The van der Waals surface area contributed by atoms with Crippen LogP contribution in [0.4, 0.5) is 0 Å². The molecule has 2 aromatic carbocycles. The Kier molecular flexibility index (Phi) is 8.46. The molecule has 178 valence electrons. The zero-order valence-electron chi connectivity index (χ0n) is 19.8. The summed E-state index contributed by atoms with van der Waals surface area (Å²) in [5, 5.41) is 3.13. The first-order valence-electron chi connectivity index (χ1n) is 11.6. The third-order valence-electron chi connectivity index (χ3n) is 5.63. The molecule has 0 atom stereocenters. The molecule has 0 radical (unpaired) electrons. The highest BCUT2D eigenvalue weighted by atomic mass is 32.1. The number of thiazole rings is 1. The topological polar surface area (TPSA) is 54.9 Å². The van der Waals surface area contributed by atoms with E-state index in [-0.39, 0.29) is 5.91 Å². The van der Waals surface area contributed by atoms with Crippen LogP contribution in [0.3, 0.4) is 0 Å². The van der Waals surface area contributed by atoms with Crippen molar-refractivity contribution in [3.05, 3.63) is 81.8 Å². The molecule has 0 N–H and O–H groups in total. The Bertz CT molecular complexity index is 1090. The van der Waals surface area contributed by atoms with Crippen LogP contribution in [0.15, 0.2) is 60.0 Å². The molecular weight excluding hydrogens is 446 g/mol. The number of carbonyl (C=O) groups is 1. The van der Waals surface area contributed by atoms with Crippen molar-refractivity contribution in [2.75, 3.05) is 40.0 Å². The van der Waals surface area contributed by atoms with Crippen LogP contribution in [-0.2, 0) is 22.6 Å². The standard InChI is InChI=1S/C27H31N3O3S/c1-3-33-24-11-9-21(10-12-24)17-25(22-7-5-4-6-8-22)27(31)29(2)18-23-20-34-26(28-23)19-30-13-15-32-16-14-30/h4-12,17,20H,3,13-16,18-19H2,1-2H3/b25-17+. The first-order chi connectivity index (χ1) is 16.6. The lowest BCUT2D eigenvalue weighted by atomic mass is 10.0. The Hall–Kier alpha value is -3.00. The van der Waals surface area contributed by atoms with Crippen LogP contribution in [0.25, 0.3) is 11.6 Å². The zero-order valence-corrected chi connectivity index (χ0v) is 20.6. The Balaban J connectivity index is 1.48. The maximum Gasteiger partial charge on any atom is 0.254 e. The molecule has 2 heterocycles. The van der Waals surface area contributed by atoms with E-state index in [4.69, 9.17) is 14.5 Å². The van der Waals surface area contributed by atoms with Crippen molar-refractivity contribution in [2.24, 2.45) is 0 Å². The zero-order chi connectivity index (χ0) is 23.8. The SMILES string of the molecule is CCOc1ccc(/C=C(/C(=O)N(C)Cc2csc(CN3CCOCC3)n2)c2ccccc2)cc1. The maximum atomic E-state index is 13.5. The lowest BCUT2D eigenvalue weighted by Crippen LogP contribution is -2.35. The number of rotatable bonds is 9. The quantitative estimate of drug-likeness (QED) is 0.334. The van der Waals surface area contributed by atoms with Crippen LogP contribution in [0.2, 0.25) is 0 Å². The van der Waals surface area contributed by atoms with E-state index in [0.717, 1.165) is 60.4 Å². The summed E-state index contributed by atoms with van der Waals surface area (Å²) in [4.78, 5) is 22.4. The Morgan fingerprint density at radius 2 is 1.88 bits per heavy atom. The Labute approximate surface area is 205 Å². The highest BCUT2D eigenvalue weighted by molar-refractivity contribution is 7.09.